The van der Waals surface area contributed by atoms with Gasteiger partial charge in [-0.3, -0.25) is 34.4 Å². The van der Waals surface area contributed by atoms with Gasteiger partial charge in [-0.15, -0.1) is 0 Å². The zero-order valence-electron chi connectivity index (χ0n) is 15.4. The average Bonchev–Trinajstić information content (AvgIpc) is 3.01. The fraction of sp³-hybridized carbons (Fsp3) is 0. The third kappa shape index (κ3) is 3.05. The molecule has 0 bridgehead atoms. The highest BCUT2D eigenvalue weighted by molar-refractivity contribution is 7.91. The molecule has 0 aliphatic carbocycles. The smallest absolute Gasteiger partial charge is 0.290 e. The zero-order valence-corrected chi connectivity index (χ0v) is 16.3. The number of hydrogen-bond donors (Lipinski definition) is 2. The van der Waals surface area contributed by atoms with Crippen LogP contribution < -0.4 is 16.6 Å². The number of rotatable bonds is 4. The number of fused-ring (bicyclic) bond motifs is 1. The average molecular weight is 440 g/mol. The van der Waals surface area contributed by atoms with Gasteiger partial charge in [0.2, 0.25) is 9.84 Å². The van der Waals surface area contributed by atoms with Crippen LogP contribution in [0.2, 0.25) is 0 Å². The number of nitrogens with zero attached hydrogens (tertiary/aromatic N) is 2. The van der Waals surface area contributed by atoms with E-state index in [1.165, 1.54) is 24.3 Å². The Bertz CT molecular complexity index is 1460. The van der Waals surface area contributed by atoms with Gasteiger partial charge in [-0.05, 0) is 24.3 Å². The monoisotopic (exact) mass is 440 g/mol. The topological polar surface area (TPSA) is 171 Å². The minimum atomic E-state index is -4.23. The van der Waals surface area contributed by atoms with E-state index in [-0.39, 0.29) is 21.7 Å². The number of carbonyl (C=O) groups excluding carboxylic acids is 2. The van der Waals surface area contributed by atoms with E-state index >= 15 is 0 Å². The number of amides is 2. The third-order valence-electron chi connectivity index (χ3n) is 4.69. The fourth-order valence-corrected chi connectivity index (χ4v) is 4.71. The van der Waals surface area contributed by atoms with Crippen molar-refractivity contribution < 1.29 is 22.9 Å². The summed E-state index contributed by atoms with van der Waals surface area (Å²) >= 11 is 0. The Morgan fingerprint density at radius 1 is 0.968 bits per heavy atom. The minimum absolute atomic E-state index is 0.142. The third-order valence-corrected chi connectivity index (χ3v) is 6.51. The lowest BCUT2D eigenvalue weighted by Crippen LogP contribution is -2.24. The first-order valence-corrected chi connectivity index (χ1v) is 10.1. The summed E-state index contributed by atoms with van der Waals surface area (Å²) in [6.45, 7) is 0. The van der Waals surface area contributed by atoms with Gasteiger partial charge in [0.15, 0.2) is 0 Å². The number of nitro benzene ring substituents is 1. The lowest BCUT2D eigenvalue weighted by atomic mass is 10.1. The van der Waals surface area contributed by atoms with E-state index in [0.717, 1.165) is 28.8 Å². The summed E-state index contributed by atoms with van der Waals surface area (Å²) in [5, 5.41) is 13.7. The van der Waals surface area contributed by atoms with Gasteiger partial charge in [-0.2, -0.15) is 0 Å². The maximum atomic E-state index is 12.9. The van der Waals surface area contributed by atoms with Gasteiger partial charge in [0, 0.05) is 12.1 Å². The summed E-state index contributed by atoms with van der Waals surface area (Å²) in [5.74, 6) is -2.01. The van der Waals surface area contributed by atoms with Gasteiger partial charge in [-0.25, -0.2) is 8.42 Å². The summed E-state index contributed by atoms with van der Waals surface area (Å²) < 4.78 is 26.6. The first-order valence-electron chi connectivity index (χ1n) is 8.63. The molecule has 1 aliphatic rings. The van der Waals surface area contributed by atoms with Crippen LogP contribution in [0, 0.1) is 10.1 Å². The SMILES string of the molecule is Nc1c2c(cc(=O)n1-c1ccc(S(=O)(=O)c3ccccc3)c([N+](=O)[O-])c1)C(=O)NC2=O. The number of imide groups is 1. The molecule has 2 aromatic carbocycles. The van der Waals surface area contributed by atoms with Gasteiger partial charge in [0.05, 0.1) is 26.6 Å². The molecule has 3 N–H and O–H groups in total. The predicted molar refractivity (Wildman–Crippen MR) is 107 cm³/mol. The van der Waals surface area contributed by atoms with Crippen LogP contribution in [0.25, 0.3) is 5.69 Å². The Morgan fingerprint density at radius 2 is 1.65 bits per heavy atom. The second kappa shape index (κ2) is 6.88. The molecule has 3 aromatic rings. The van der Waals surface area contributed by atoms with Crippen molar-refractivity contribution >= 4 is 33.2 Å². The molecule has 0 radical (unpaired) electrons. The van der Waals surface area contributed by atoms with Crippen LogP contribution in [-0.4, -0.2) is 29.7 Å². The second-order valence-corrected chi connectivity index (χ2v) is 8.42. The Hall–Kier alpha value is -4.32. The van der Waals surface area contributed by atoms with Crippen LogP contribution in [0.15, 0.2) is 69.2 Å². The van der Waals surface area contributed by atoms with E-state index in [1.807, 2.05) is 5.32 Å². The van der Waals surface area contributed by atoms with E-state index < -0.39 is 48.5 Å². The molecule has 1 aromatic heterocycles. The van der Waals surface area contributed by atoms with Crippen molar-refractivity contribution in [3.8, 4) is 5.69 Å². The molecule has 1 aliphatic heterocycles. The minimum Gasteiger partial charge on any atom is -0.384 e. The highest BCUT2D eigenvalue weighted by Gasteiger charge is 2.33. The highest BCUT2D eigenvalue weighted by Crippen LogP contribution is 2.32. The number of aromatic nitrogens is 1. The first kappa shape index (κ1) is 20.0. The van der Waals surface area contributed by atoms with Crippen molar-refractivity contribution in [1.82, 2.24) is 9.88 Å². The highest BCUT2D eigenvalue weighted by atomic mass is 32.2. The van der Waals surface area contributed by atoms with Gasteiger partial charge in [-0.1, -0.05) is 18.2 Å². The molecular weight excluding hydrogens is 428 g/mol. The largest absolute Gasteiger partial charge is 0.384 e. The number of pyridine rings is 1. The molecule has 0 fully saturated rings. The molecule has 0 saturated carbocycles. The van der Waals surface area contributed by atoms with Crippen molar-refractivity contribution in [1.29, 1.82) is 0 Å². The molecule has 2 amide bonds. The van der Waals surface area contributed by atoms with Gasteiger partial charge in [0.1, 0.15) is 10.7 Å². The number of sulfone groups is 1. The van der Waals surface area contributed by atoms with Crippen molar-refractivity contribution in [3.63, 3.8) is 0 Å². The molecule has 0 saturated heterocycles. The van der Waals surface area contributed by atoms with E-state index in [0.29, 0.717) is 0 Å². The Kier molecular flexibility index (Phi) is 4.43. The molecule has 156 valence electrons. The molecular formula is C19H12N4O7S. The lowest BCUT2D eigenvalue weighted by molar-refractivity contribution is -0.387. The van der Waals surface area contributed by atoms with Crippen LogP contribution in [0.5, 0.6) is 0 Å². The number of hydrogen-bond acceptors (Lipinski definition) is 8. The number of anilines is 1. The number of nitro groups is 1. The molecule has 0 spiro atoms. The maximum absolute atomic E-state index is 12.9. The summed E-state index contributed by atoms with van der Waals surface area (Å²) in [4.78, 5) is 46.3. The van der Waals surface area contributed by atoms with Crippen molar-refractivity contribution in [3.05, 3.63) is 86.2 Å². The summed E-state index contributed by atoms with van der Waals surface area (Å²) in [6, 6.07) is 11.0. The lowest BCUT2D eigenvalue weighted by Gasteiger charge is -2.13. The fourth-order valence-electron chi connectivity index (χ4n) is 3.29. The van der Waals surface area contributed by atoms with Crippen LogP contribution in [0.3, 0.4) is 0 Å². The summed E-state index contributed by atoms with van der Waals surface area (Å²) in [7, 11) is -4.23. The number of nitrogens with one attached hydrogen (secondary N) is 1. The van der Waals surface area contributed by atoms with E-state index in [9.17, 15) is 32.9 Å². The van der Waals surface area contributed by atoms with Crippen LogP contribution >= 0.6 is 0 Å². The number of nitrogen functional groups attached to an aromatic ring is 1. The first-order chi connectivity index (χ1) is 14.6. The predicted octanol–water partition coefficient (Wildman–Crippen LogP) is 1.04. The van der Waals surface area contributed by atoms with Crippen LogP contribution in [-0.2, 0) is 9.84 Å². The van der Waals surface area contributed by atoms with E-state index in [4.69, 9.17) is 5.73 Å². The maximum Gasteiger partial charge on any atom is 0.290 e. The molecule has 11 nitrogen and oxygen atoms in total. The standard InChI is InChI=1S/C19H12N4O7S/c20-17-16-12(18(25)21-19(16)26)9-15(24)22(17)10-6-7-14(13(8-10)23(27)28)31(29,30)11-4-2-1-3-5-11/h1-9H,20H2,(H,21,25,26). The van der Waals surface area contributed by atoms with E-state index in [2.05, 4.69) is 0 Å². The number of carbonyl (C=O) groups is 2. The number of benzene rings is 2. The van der Waals surface area contributed by atoms with Crippen LogP contribution in [0.1, 0.15) is 20.7 Å². The summed E-state index contributed by atoms with van der Waals surface area (Å²) in [5.41, 5.74) is 3.72. The zero-order chi connectivity index (χ0) is 22.5. The second-order valence-electron chi connectivity index (χ2n) is 6.50. The molecule has 31 heavy (non-hydrogen) atoms. The Balaban J connectivity index is 1.95. The molecule has 0 unspecified atom stereocenters. The van der Waals surface area contributed by atoms with Gasteiger partial charge in [0.25, 0.3) is 23.1 Å². The quantitative estimate of drug-likeness (QED) is 0.344. The van der Waals surface area contributed by atoms with Crippen molar-refractivity contribution in [2.24, 2.45) is 0 Å². The Labute approximate surface area is 173 Å². The molecule has 0 atom stereocenters. The molecule has 2 heterocycles. The van der Waals surface area contributed by atoms with Crippen molar-refractivity contribution in [2.75, 3.05) is 5.73 Å². The van der Waals surface area contributed by atoms with Crippen LogP contribution in [0.4, 0.5) is 11.5 Å². The van der Waals surface area contributed by atoms with E-state index in [1.54, 1.807) is 6.07 Å². The normalized spacial score (nSPS) is 13.0. The Morgan fingerprint density at radius 3 is 2.29 bits per heavy atom. The van der Waals surface area contributed by atoms with Gasteiger partial charge >= 0.3 is 0 Å². The van der Waals surface area contributed by atoms with Crippen molar-refractivity contribution in [2.45, 2.75) is 9.79 Å². The molecule has 12 heteroatoms. The number of nitrogens with two attached hydrogens (primary N) is 1. The van der Waals surface area contributed by atoms with Gasteiger partial charge < -0.3 is 5.73 Å². The summed E-state index contributed by atoms with van der Waals surface area (Å²) in [6.07, 6.45) is 0. The molecule has 4 rings (SSSR count).